The first-order valence-electron chi connectivity index (χ1n) is 4.28. The van der Waals surface area contributed by atoms with Gasteiger partial charge in [-0.25, -0.2) is 0 Å². The van der Waals surface area contributed by atoms with Crippen LogP contribution in [0, 0.1) is 12.3 Å². The summed E-state index contributed by atoms with van der Waals surface area (Å²) in [5, 5.41) is 2.70. The van der Waals surface area contributed by atoms with Crippen LogP contribution < -0.4 is 5.32 Å². The van der Waals surface area contributed by atoms with Crippen LogP contribution in [0.4, 0.5) is 0 Å². The molecule has 1 N–H and O–H groups in total. The van der Waals surface area contributed by atoms with Crippen LogP contribution >= 0.6 is 0 Å². The third-order valence-electron chi connectivity index (χ3n) is 1.54. The third kappa shape index (κ3) is 7.07. The Morgan fingerprint density at radius 2 is 2.08 bits per heavy atom. The van der Waals surface area contributed by atoms with Crippen molar-refractivity contribution in [3.05, 3.63) is 0 Å². The number of hydrogen-bond acceptors (Lipinski definition) is 2. The number of rotatable bonds is 5. The topological polar surface area (TPSA) is 46.2 Å². The molecule has 3 heteroatoms. The van der Waals surface area contributed by atoms with Crippen molar-refractivity contribution in [2.75, 3.05) is 0 Å². The summed E-state index contributed by atoms with van der Waals surface area (Å²) >= 11 is 0. The minimum absolute atomic E-state index is 0.00976. The van der Waals surface area contributed by atoms with Crippen LogP contribution in [0.15, 0.2) is 0 Å². The fourth-order valence-electron chi connectivity index (χ4n) is 0.864. The third-order valence-corrected chi connectivity index (χ3v) is 1.54. The Labute approximate surface area is 78.9 Å². The minimum atomic E-state index is -0.113. The monoisotopic (exact) mass is 181 g/mol. The number of amides is 1. The number of terminal acetylenes is 1. The number of hydrogen-bond donors (Lipinski definition) is 1. The van der Waals surface area contributed by atoms with Gasteiger partial charge >= 0.3 is 0 Å². The van der Waals surface area contributed by atoms with Gasteiger partial charge in [-0.3, -0.25) is 4.79 Å². The van der Waals surface area contributed by atoms with E-state index < -0.39 is 0 Å². The van der Waals surface area contributed by atoms with Crippen molar-refractivity contribution in [3.8, 4) is 12.3 Å². The van der Waals surface area contributed by atoms with Crippen molar-refractivity contribution in [2.45, 2.75) is 39.2 Å². The highest BCUT2D eigenvalue weighted by molar-refractivity contribution is 5.83. The highest BCUT2D eigenvalue weighted by Gasteiger charge is 2.06. The Morgan fingerprint density at radius 1 is 1.46 bits per heavy atom. The van der Waals surface area contributed by atoms with Crippen molar-refractivity contribution in [2.24, 2.45) is 0 Å². The Kier molecular flexibility index (Phi) is 5.62. The van der Waals surface area contributed by atoms with Crippen molar-refractivity contribution < 1.29 is 9.59 Å². The summed E-state index contributed by atoms with van der Waals surface area (Å²) in [4.78, 5) is 21.6. The van der Waals surface area contributed by atoms with Crippen molar-refractivity contribution in [1.29, 1.82) is 0 Å². The van der Waals surface area contributed by atoms with Crippen LogP contribution in [-0.2, 0) is 9.59 Å². The largest absolute Gasteiger partial charge is 0.353 e. The second kappa shape index (κ2) is 6.24. The molecule has 1 amide bonds. The molecule has 0 aliphatic heterocycles. The highest BCUT2D eigenvalue weighted by Crippen LogP contribution is 1.93. The van der Waals surface area contributed by atoms with Gasteiger partial charge in [0.25, 0.3) is 0 Å². The molecule has 0 radical (unpaired) electrons. The number of Topliss-reactive ketones (excluding diaryl/α,β-unsaturated/α-hetero) is 1. The molecular weight excluding hydrogens is 166 g/mol. The molecule has 0 saturated carbocycles. The van der Waals surface area contributed by atoms with Crippen molar-refractivity contribution >= 4 is 11.7 Å². The molecule has 0 aliphatic rings. The van der Waals surface area contributed by atoms with Gasteiger partial charge in [-0.1, -0.05) is 0 Å². The van der Waals surface area contributed by atoms with Gasteiger partial charge in [0.2, 0.25) is 5.91 Å². The number of ketones is 1. The molecule has 0 spiro atoms. The van der Waals surface area contributed by atoms with Gasteiger partial charge in [-0.15, -0.1) is 12.3 Å². The average molecular weight is 181 g/mol. The molecule has 0 rings (SSSR count). The van der Waals surface area contributed by atoms with E-state index in [1.54, 1.807) is 0 Å². The van der Waals surface area contributed by atoms with Crippen LogP contribution in [0.2, 0.25) is 0 Å². The summed E-state index contributed by atoms with van der Waals surface area (Å²) in [6, 6.07) is -0.00976. The summed E-state index contributed by atoms with van der Waals surface area (Å²) in [6.45, 7) is 3.31. The normalized spacial score (nSPS) is 11.5. The average Bonchev–Trinajstić information content (AvgIpc) is 2.01. The lowest BCUT2D eigenvalue weighted by atomic mass is 10.2. The maximum absolute atomic E-state index is 11.1. The molecule has 0 saturated heterocycles. The molecule has 0 bridgehead atoms. The van der Waals surface area contributed by atoms with Gasteiger partial charge in [0.05, 0.1) is 0 Å². The first-order valence-corrected chi connectivity index (χ1v) is 4.28. The molecule has 0 fully saturated rings. The number of nitrogens with one attached hydrogen (secondary N) is 1. The Hall–Kier alpha value is -1.30. The van der Waals surface area contributed by atoms with Crippen molar-refractivity contribution in [3.63, 3.8) is 0 Å². The molecule has 1 unspecified atom stereocenters. The van der Waals surface area contributed by atoms with Crippen LogP contribution in [0.3, 0.4) is 0 Å². The van der Waals surface area contributed by atoms with Crippen LogP contribution in [0.1, 0.15) is 33.1 Å². The van der Waals surface area contributed by atoms with Gasteiger partial charge < -0.3 is 10.1 Å². The molecule has 3 nitrogen and oxygen atoms in total. The van der Waals surface area contributed by atoms with Crippen LogP contribution in [0.25, 0.3) is 0 Å². The maximum atomic E-state index is 11.1. The van der Waals surface area contributed by atoms with E-state index in [0.717, 1.165) is 0 Å². The van der Waals surface area contributed by atoms with Crippen molar-refractivity contribution in [1.82, 2.24) is 5.32 Å². The predicted molar refractivity (Wildman–Crippen MR) is 51.0 cm³/mol. The summed E-state index contributed by atoms with van der Waals surface area (Å²) in [7, 11) is 0. The van der Waals surface area contributed by atoms with E-state index >= 15 is 0 Å². The Balaban J connectivity index is 3.63. The lowest BCUT2D eigenvalue weighted by Crippen LogP contribution is -2.32. The van der Waals surface area contributed by atoms with Gasteiger partial charge in [0.15, 0.2) is 0 Å². The van der Waals surface area contributed by atoms with Gasteiger partial charge in [0.1, 0.15) is 5.78 Å². The zero-order valence-corrected chi connectivity index (χ0v) is 8.09. The molecule has 0 aromatic heterocycles. The van der Waals surface area contributed by atoms with E-state index in [1.807, 2.05) is 6.92 Å². The molecule has 1 atom stereocenters. The smallest absolute Gasteiger partial charge is 0.220 e. The van der Waals surface area contributed by atoms with E-state index in [9.17, 15) is 9.59 Å². The van der Waals surface area contributed by atoms with Gasteiger partial charge in [0, 0.05) is 25.3 Å². The quantitative estimate of drug-likeness (QED) is 0.640. The van der Waals surface area contributed by atoms with E-state index in [0.29, 0.717) is 12.8 Å². The van der Waals surface area contributed by atoms with Gasteiger partial charge in [-0.2, -0.15) is 0 Å². The fraction of sp³-hybridized carbons (Fsp3) is 0.600. The van der Waals surface area contributed by atoms with E-state index in [-0.39, 0.29) is 24.2 Å². The molecule has 0 aromatic carbocycles. The first kappa shape index (κ1) is 11.7. The van der Waals surface area contributed by atoms with E-state index in [1.165, 1.54) is 6.92 Å². The van der Waals surface area contributed by atoms with E-state index in [2.05, 4.69) is 11.2 Å². The standard InChI is InChI=1S/C10H15NO2/c1-4-5-8(2)11-10(13)7-6-9(3)12/h1,8H,5-7H2,2-3H3,(H,11,13). The number of carbonyl (C=O) groups excluding carboxylic acids is 2. The Morgan fingerprint density at radius 3 is 2.54 bits per heavy atom. The van der Waals surface area contributed by atoms with Crippen LogP contribution in [0.5, 0.6) is 0 Å². The lowest BCUT2D eigenvalue weighted by Gasteiger charge is -2.09. The summed E-state index contributed by atoms with van der Waals surface area (Å²) in [5.74, 6) is 2.37. The molecule has 0 heterocycles. The lowest BCUT2D eigenvalue weighted by molar-refractivity contribution is -0.125. The number of carbonyl (C=O) groups is 2. The molecule has 0 aromatic rings. The SMILES string of the molecule is C#CCC(C)NC(=O)CCC(C)=O. The second-order valence-corrected chi connectivity index (χ2v) is 3.08. The molecule has 0 aliphatic carbocycles. The molecule has 13 heavy (non-hydrogen) atoms. The van der Waals surface area contributed by atoms with Crippen LogP contribution in [-0.4, -0.2) is 17.7 Å². The summed E-state index contributed by atoms with van der Waals surface area (Å²) in [6.07, 6.45) is 6.15. The molecular formula is C10H15NO2. The highest BCUT2D eigenvalue weighted by atomic mass is 16.2. The summed E-state index contributed by atoms with van der Waals surface area (Å²) < 4.78 is 0. The predicted octanol–water partition coefficient (Wildman–Crippen LogP) is 0.884. The minimum Gasteiger partial charge on any atom is -0.353 e. The zero-order chi connectivity index (χ0) is 10.3. The summed E-state index contributed by atoms with van der Waals surface area (Å²) in [5.41, 5.74) is 0. The first-order chi connectivity index (χ1) is 6.06. The van der Waals surface area contributed by atoms with Gasteiger partial charge in [-0.05, 0) is 13.8 Å². The van der Waals surface area contributed by atoms with E-state index in [4.69, 9.17) is 6.42 Å². The second-order valence-electron chi connectivity index (χ2n) is 3.08. The zero-order valence-electron chi connectivity index (χ0n) is 8.09. The molecule has 72 valence electrons. The Bertz CT molecular complexity index is 228. The fourth-order valence-corrected chi connectivity index (χ4v) is 0.864. The maximum Gasteiger partial charge on any atom is 0.220 e.